The maximum atomic E-state index is 6.27. The number of aryl methyl sites for hydroxylation is 1. The molecule has 108 valence electrons. The van der Waals surface area contributed by atoms with Crippen LogP contribution in [0.15, 0.2) is 16.5 Å². The molecule has 0 saturated carbocycles. The summed E-state index contributed by atoms with van der Waals surface area (Å²) in [5.74, 6) is 2.01. The highest BCUT2D eigenvalue weighted by atomic mass is 16.3. The molecule has 1 saturated heterocycles. The van der Waals surface area contributed by atoms with Crippen molar-refractivity contribution >= 4 is 0 Å². The van der Waals surface area contributed by atoms with Crippen molar-refractivity contribution in [1.82, 2.24) is 4.90 Å². The summed E-state index contributed by atoms with van der Waals surface area (Å²) in [6.45, 7) is 7.52. The lowest BCUT2D eigenvalue weighted by atomic mass is 9.93. The van der Waals surface area contributed by atoms with Gasteiger partial charge in [-0.1, -0.05) is 19.8 Å². The lowest BCUT2D eigenvalue weighted by molar-refractivity contribution is 0.0643. The molecule has 3 heteroatoms. The van der Waals surface area contributed by atoms with E-state index in [0.717, 1.165) is 18.1 Å². The predicted octanol–water partition coefficient (Wildman–Crippen LogP) is 3.63. The predicted molar refractivity (Wildman–Crippen MR) is 79.1 cm³/mol. The van der Waals surface area contributed by atoms with Crippen LogP contribution >= 0.6 is 0 Å². The van der Waals surface area contributed by atoms with E-state index in [4.69, 9.17) is 10.2 Å². The third-order valence-corrected chi connectivity index (χ3v) is 4.20. The maximum Gasteiger partial charge on any atom is 0.122 e. The van der Waals surface area contributed by atoms with Crippen molar-refractivity contribution in [2.75, 3.05) is 6.54 Å². The van der Waals surface area contributed by atoms with E-state index in [9.17, 15) is 0 Å². The van der Waals surface area contributed by atoms with E-state index in [2.05, 4.69) is 24.8 Å². The SMILES string of the molecule is CCCC1CCCCN1C(c1ccc(C)o1)C(C)N. The van der Waals surface area contributed by atoms with Gasteiger partial charge in [0.2, 0.25) is 0 Å². The average Bonchev–Trinajstić information content (AvgIpc) is 2.78. The van der Waals surface area contributed by atoms with Crippen LogP contribution < -0.4 is 5.73 Å². The van der Waals surface area contributed by atoms with Gasteiger partial charge in [0.15, 0.2) is 0 Å². The first-order valence-corrected chi connectivity index (χ1v) is 7.71. The van der Waals surface area contributed by atoms with Gasteiger partial charge in [-0.25, -0.2) is 0 Å². The average molecular weight is 264 g/mol. The lowest BCUT2D eigenvalue weighted by Crippen LogP contribution is -2.47. The summed E-state index contributed by atoms with van der Waals surface area (Å²) in [6, 6.07) is 5.14. The Morgan fingerprint density at radius 1 is 1.42 bits per heavy atom. The van der Waals surface area contributed by atoms with E-state index in [1.54, 1.807) is 0 Å². The molecule has 1 aliphatic heterocycles. The number of rotatable bonds is 5. The summed E-state index contributed by atoms with van der Waals surface area (Å²) in [5, 5.41) is 0. The Morgan fingerprint density at radius 3 is 2.79 bits per heavy atom. The minimum absolute atomic E-state index is 0.100. The highest BCUT2D eigenvalue weighted by molar-refractivity contribution is 5.12. The van der Waals surface area contributed by atoms with Gasteiger partial charge in [-0.05, 0) is 51.8 Å². The van der Waals surface area contributed by atoms with Crippen LogP contribution in [0.5, 0.6) is 0 Å². The first-order valence-electron chi connectivity index (χ1n) is 7.71. The largest absolute Gasteiger partial charge is 0.465 e. The molecule has 1 fully saturated rings. The fraction of sp³-hybridized carbons (Fsp3) is 0.750. The van der Waals surface area contributed by atoms with Gasteiger partial charge >= 0.3 is 0 Å². The second-order valence-corrected chi connectivity index (χ2v) is 5.93. The minimum atomic E-state index is 0.100. The minimum Gasteiger partial charge on any atom is -0.465 e. The number of nitrogens with two attached hydrogens (primary N) is 1. The molecule has 3 atom stereocenters. The first-order chi connectivity index (χ1) is 9.13. The molecule has 2 heterocycles. The third kappa shape index (κ3) is 3.40. The summed E-state index contributed by atoms with van der Waals surface area (Å²) < 4.78 is 5.86. The molecule has 2 rings (SSSR count). The smallest absolute Gasteiger partial charge is 0.122 e. The van der Waals surface area contributed by atoms with E-state index in [-0.39, 0.29) is 12.1 Å². The number of likely N-dealkylation sites (tertiary alicyclic amines) is 1. The number of furan rings is 1. The van der Waals surface area contributed by atoms with Crippen LogP contribution in [0.4, 0.5) is 0 Å². The van der Waals surface area contributed by atoms with Crippen molar-refractivity contribution in [3.63, 3.8) is 0 Å². The van der Waals surface area contributed by atoms with Crippen LogP contribution in [-0.4, -0.2) is 23.5 Å². The van der Waals surface area contributed by atoms with Crippen molar-refractivity contribution in [1.29, 1.82) is 0 Å². The molecule has 3 nitrogen and oxygen atoms in total. The highest BCUT2D eigenvalue weighted by Crippen LogP contribution is 2.33. The standard InChI is InChI=1S/C16H28N2O/c1-4-7-14-8-5-6-11-18(14)16(13(3)17)15-10-9-12(2)19-15/h9-10,13-14,16H,4-8,11,17H2,1-3H3. The normalized spacial score (nSPS) is 24.3. The van der Waals surface area contributed by atoms with Crippen LogP contribution in [0.1, 0.15) is 63.5 Å². The second kappa shape index (κ2) is 6.58. The van der Waals surface area contributed by atoms with Crippen molar-refractivity contribution < 1.29 is 4.42 Å². The molecule has 0 amide bonds. The van der Waals surface area contributed by atoms with Crippen molar-refractivity contribution in [3.05, 3.63) is 23.7 Å². The van der Waals surface area contributed by atoms with Gasteiger partial charge in [0.05, 0.1) is 6.04 Å². The van der Waals surface area contributed by atoms with Crippen LogP contribution in [0, 0.1) is 6.92 Å². The van der Waals surface area contributed by atoms with Gasteiger partial charge in [-0.3, -0.25) is 4.90 Å². The zero-order valence-corrected chi connectivity index (χ0v) is 12.6. The maximum absolute atomic E-state index is 6.27. The van der Waals surface area contributed by atoms with Crippen LogP contribution in [-0.2, 0) is 0 Å². The summed E-state index contributed by atoms with van der Waals surface area (Å²) in [7, 11) is 0. The fourth-order valence-corrected chi connectivity index (χ4v) is 3.37. The Kier molecular flexibility index (Phi) is 5.06. The van der Waals surface area contributed by atoms with Gasteiger partial charge in [0.25, 0.3) is 0 Å². The van der Waals surface area contributed by atoms with E-state index < -0.39 is 0 Å². The lowest BCUT2D eigenvalue weighted by Gasteiger charge is -2.42. The molecule has 0 bridgehead atoms. The van der Waals surface area contributed by atoms with Gasteiger partial charge < -0.3 is 10.2 Å². The van der Waals surface area contributed by atoms with Gasteiger partial charge in [-0.2, -0.15) is 0 Å². The van der Waals surface area contributed by atoms with Gasteiger partial charge in [0.1, 0.15) is 11.5 Å². The zero-order chi connectivity index (χ0) is 13.8. The molecular weight excluding hydrogens is 236 g/mol. The molecule has 1 aromatic rings. The van der Waals surface area contributed by atoms with Crippen molar-refractivity contribution in [3.8, 4) is 0 Å². The molecular formula is C16H28N2O. The Hall–Kier alpha value is -0.800. The van der Waals surface area contributed by atoms with E-state index in [1.165, 1.54) is 32.1 Å². The molecule has 19 heavy (non-hydrogen) atoms. The Morgan fingerprint density at radius 2 is 2.21 bits per heavy atom. The summed E-state index contributed by atoms with van der Waals surface area (Å²) in [5.41, 5.74) is 6.27. The summed E-state index contributed by atoms with van der Waals surface area (Å²) in [6.07, 6.45) is 6.44. The first kappa shape index (κ1) is 14.6. The molecule has 0 aliphatic carbocycles. The Balaban J connectivity index is 2.21. The highest BCUT2D eigenvalue weighted by Gasteiger charge is 2.33. The zero-order valence-electron chi connectivity index (χ0n) is 12.6. The molecule has 0 spiro atoms. The van der Waals surface area contributed by atoms with E-state index in [1.807, 2.05) is 13.0 Å². The number of hydrogen-bond donors (Lipinski definition) is 1. The second-order valence-electron chi connectivity index (χ2n) is 5.93. The quantitative estimate of drug-likeness (QED) is 0.883. The topological polar surface area (TPSA) is 42.4 Å². The summed E-state index contributed by atoms with van der Waals surface area (Å²) in [4.78, 5) is 2.59. The number of piperidine rings is 1. The summed E-state index contributed by atoms with van der Waals surface area (Å²) >= 11 is 0. The number of nitrogens with zero attached hydrogens (tertiary/aromatic N) is 1. The molecule has 0 radical (unpaired) electrons. The fourth-order valence-electron chi connectivity index (χ4n) is 3.37. The monoisotopic (exact) mass is 264 g/mol. The van der Waals surface area contributed by atoms with Crippen LogP contribution in [0.3, 0.4) is 0 Å². The molecule has 1 aliphatic rings. The van der Waals surface area contributed by atoms with E-state index in [0.29, 0.717) is 6.04 Å². The molecule has 0 aromatic carbocycles. The van der Waals surface area contributed by atoms with Crippen LogP contribution in [0.2, 0.25) is 0 Å². The van der Waals surface area contributed by atoms with Gasteiger partial charge in [-0.15, -0.1) is 0 Å². The Labute approximate surface area is 117 Å². The Bertz CT molecular complexity index is 384. The molecule has 2 N–H and O–H groups in total. The molecule has 3 unspecified atom stereocenters. The molecule has 1 aromatic heterocycles. The number of hydrogen-bond acceptors (Lipinski definition) is 3. The third-order valence-electron chi connectivity index (χ3n) is 4.20. The van der Waals surface area contributed by atoms with Crippen LogP contribution in [0.25, 0.3) is 0 Å². The van der Waals surface area contributed by atoms with Crippen molar-refractivity contribution in [2.24, 2.45) is 5.73 Å². The van der Waals surface area contributed by atoms with Gasteiger partial charge in [0, 0.05) is 12.1 Å². The van der Waals surface area contributed by atoms with Crippen molar-refractivity contribution in [2.45, 2.75) is 71.0 Å². The van der Waals surface area contributed by atoms with E-state index >= 15 is 0 Å².